The first-order chi connectivity index (χ1) is 18.8. The van der Waals surface area contributed by atoms with Gasteiger partial charge in [0.25, 0.3) is 0 Å². The highest BCUT2D eigenvalue weighted by atomic mass is 31.1. The standard InChI is InChI=1S/C31H48NO3P.C3H6/c1-7-35-36(6)21-17-25-10-8-12-29(22-25)34-24-26-15-19-32(20-16-26)30-23-28(33-5)14-13-27(30)11-9-18-31(2,3)4;1-2-3-1/h8,10,12-14,22-23,26H,7,9,11,15-21,24H2,1-6H3;1-3H2. The lowest BCUT2D eigenvalue weighted by molar-refractivity contribution is 0.222. The molecule has 1 saturated heterocycles. The quantitative estimate of drug-likeness (QED) is 0.231. The van der Waals surface area contributed by atoms with Gasteiger partial charge in [-0.3, -0.25) is 0 Å². The summed E-state index contributed by atoms with van der Waals surface area (Å²) in [6.45, 7) is 15.0. The van der Waals surface area contributed by atoms with E-state index in [1.165, 1.54) is 48.9 Å². The minimum atomic E-state index is -0.324. The first-order valence-corrected chi connectivity index (χ1v) is 17.1. The Morgan fingerprint density at radius 1 is 0.949 bits per heavy atom. The number of benzene rings is 2. The Hall–Kier alpha value is -1.77. The van der Waals surface area contributed by atoms with Crippen molar-refractivity contribution in [3.63, 3.8) is 0 Å². The predicted molar refractivity (Wildman–Crippen MR) is 169 cm³/mol. The van der Waals surface area contributed by atoms with Gasteiger partial charge in [-0.25, -0.2) is 0 Å². The lowest BCUT2D eigenvalue weighted by Gasteiger charge is -2.35. The third-order valence-corrected chi connectivity index (χ3v) is 8.98. The zero-order chi connectivity index (χ0) is 28.1. The second-order valence-corrected chi connectivity index (χ2v) is 14.3. The minimum Gasteiger partial charge on any atom is -0.497 e. The molecule has 1 atom stereocenters. The van der Waals surface area contributed by atoms with E-state index in [1.54, 1.807) is 7.11 Å². The number of methoxy groups -OCH3 is 1. The van der Waals surface area contributed by atoms with Crippen molar-refractivity contribution in [2.24, 2.45) is 11.3 Å². The van der Waals surface area contributed by atoms with Crippen LogP contribution in [0, 0.1) is 11.3 Å². The molecule has 0 amide bonds. The van der Waals surface area contributed by atoms with Crippen molar-refractivity contribution in [1.82, 2.24) is 0 Å². The second kappa shape index (κ2) is 16.5. The topological polar surface area (TPSA) is 30.9 Å². The van der Waals surface area contributed by atoms with Crippen LogP contribution in [0.4, 0.5) is 5.69 Å². The minimum absolute atomic E-state index is 0.324. The number of anilines is 1. The maximum absolute atomic E-state index is 6.26. The molecular formula is C34H54NO3P. The monoisotopic (exact) mass is 555 g/mol. The van der Waals surface area contributed by atoms with Gasteiger partial charge in [0.05, 0.1) is 13.7 Å². The Morgan fingerprint density at radius 3 is 2.33 bits per heavy atom. The molecule has 1 aliphatic carbocycles. The van der Waals surface area contributed by atoms with Gasteiger partial charge >= 0.3 is 0 Å². The highest BCUT2D eigenvalue weighted by molar-refractivity contribution is 7.51. The van der Waals surface area contributed by atoms with Gasteiger partial charge in [-0.1, -0.05) is 58.2 Å². The maximum Gasteiger partial charge on any atom is 0.120 e. The van der Waals surface area contributed by atoms with Gasteiger partial charge in [-0.15, -0.1) is 0 Å². The fourth-order valence-electron chi connectivity index (χ4n) is 4.90. The summed E-state index contributed by atoms with van der Waals surface area (Å²) in [6.07, 6.45) is 12.6. The Bertz CT molecular complexity index is 960. The Labute approximate surface area is 240 Å². The van der Waals surface area contributed by atoms with E-state index in [2.05, 4.69) is 81.7 Å². The fourth-order valence-corrected chi connectivity index (χ4v) is 6.05. The third kappa shape index (κ3) is 12.5. The molecule has 0 N–H and O–H groups in total. The van der Waals surface area contributed by atoms with E-state index in [1.807, 2.05) is 0 Å². The highest BCUT2D eigenvalue weighted by Gasteiger charge is 2.22. The zero-order valence-electron chi connectivity index (χ0n) is 25.6. The summed E-state index contributed by atoms with van der Waals surface area (Å²) in [7, 11) is 1.44. The molecule has 0 bridgehead atoms. The summed E-state index contributed by atoms with van der Waals surface area (Å²) in [4.78, 5) is 2.56. The Kier molecular flexibility index (Phi) is 13.4. The number of hydrogen-bond donors (Lipinski definition) is 0. The molecule has 1 saturated carbocycles. The predicted octanol–water partition coefficient (Wildman–Crippen LogP) is 9.14. The first-order valence-electron chi connectivity index (χ1n) is 15.2. The van der Waals surface area contributed by atoms with Crippen molar-refractivity contribution in [2.45, 2.75) is 85.5 Å². The van der Waals surface area contributed by atoms with E-state index >= 15 is 0 Å². The van der Waals surface area contributed by atoms with Crippen LogP contribution in [0.2, 0.25) is 0 Å². The summed E-state index contributed by atoms with van der Waals surface area (Å²) in [5.41, 5.74) is 4.53. The zero-order valence-corrected chi connectivity index (χ0v) is 26.5. The van der Waals surface area contributed by atoms with Crippen LogP contribution in [0.25, 0.3) is 0 Å². The van der Waals surface area contributed by atoms with E-state index in [0.29, 0.717) is 11.3 Å². The smallest absolute Gasteiger partial charge is 0.120 e. The van der Waals surface area contributed by atoms with E-state index in [4.69, 9.17) is 14.0 Å². The Balaban J connectivity index is 0.00000131. The van der Waals surface area contributed by atoms with Crippen molar-refractivity contribution in [1.29, 1.82) is 0 Å². The van der Waals surface area contributed by atoms with Crippen LogP contribution < -0.4 is 14.4 Å². The molecule has 0 radical (unpaired) electrons. The average Bonchev–Trinajstić information content (AvgIpc) is 3.81. The third-order valence-electron chi connectivity index (χ3n) is 7.42. The van der Waals surface area contributed by atoms with Crippen LogP contribution in [-0.2, 0) is 17.4 Å². The number of hydrogen-bond acceptors (Lipinski definition) is 4. The molecule has 0 aromatic heterocycles. The van der Waals surface area contributed by atoms with Gasteiger partial charge in [0.2, 0.25) is 0 Å². The molecule has 39 heavy (non-hydrogen) atoms. The number of piperidine rings is 1. The number of aryl methyl sites for hydroxylation is 2. The van der Waals surface area contributed by atoms with Gasteiger partial charge in [0.1, 0.15) is 11.5 Å². The molecule has 1 heterocycles. The number of ether oxygens (including phenoxy) is 2. The van der Waals surface area contributed by atoms with E-state index < -0.39 is 0 Å². The van der Waals surface area contributed by atoms with Crippen molar-refractivity contribution < 1.29 is 14.0 Å². The maximum atomic E-state index is 6.26. The molecule has 2 aromatic rings. The molecule has 5 heteroatoms. The molecule has 1 aliphatic heterocycles. The Morgan fingerprint density at radius 2 is 1.69 bits per heavy atom. The lowest BCUT2D eigenvalue weighted by atomic mass is 9.88. The van der Waals surface area contributed by atoms with Crippen LogP contribution >= 0.6 is 8.15 Å². The van der Waals surface area contributed by atoms with Crippen molar-refractivity contribution in [3.8, 4) is 11.5 Å². The first kappa shape index (κ1) is 31.8. The van der Waals surface area contributed by atoms with Gasteiger partial charge in [0, 0.05) is 39.6 Å². The van der Waals surface area contributed by atoms with Crippen LogP contribution in [-0.4, -0.2) is 46.2 Å². The summed E-state index contributed by atoms with van der Waals surface area (Å²) < 4.78 is 17.6. The molecule has 0 spiro atoms. The molecule has 2 fully saturated rings. The second-order valence-electron chi connectivity index (χ2n) is 12.4. The molecular weight excluding hydrogens is 501 g/mol. The van der Waals surface area contributed by atoms with Crippen LogP contribution in [0.3, 0.4) is 0 Å². The summed E-state index contributed by atoms with van der Waals surface area (Å²) >= 11 is 0. The van der Waals surface area contributed by atoms with Gasteiger partial charge in [-0.2, -0.15) is 0 Å². The lowest BCUT2D eigenvalue weighted by Crippen LogP contribution is -2.36. The van der Waals surface area contributed by atoms with Crippen LogP contribution in [0.1, 0.15) is 83.8 Å². The highest BCUT2D eigenvalue weighted by Crippen LogP contribution is 2.34. The SMILES string of the molecule is C1CC1.CCOP(C)CCc1cccc(OCC2CCN(c3cc(OC)ccc3CCCC(C)(C)C)CC2)c1. The van der Waals surface area contributed by atoms with Gasteiger partial charge < -0.3 is 18.9 Å². The van der Waals surface area contributed by atoms with Crippen LogP contribution in [0.5, 0.6) is 11.5 Å². The molecule has 1 unspecified atom stereocenters. The van der Waals surface area contributed by atoms with E-state index in [-0.39, 0.29) is 8.15 Å². The summed E-state index contributed by atoms with van der Waals surface area (Å²) in [5, 5.41) is 0. The molecule has 4 nitrogen and oxygen atoms in total. The average molecular weight is 556 g/mol. The van der Waals surface area contributed by atoms with Crippen molar-refractivity contribution in [3.05, 3.63) is 53.6 Å². The summed E-state index contributed by atoms with van der Waals surface area (Å²) in [6, 6.07) is 15.3. The van der Waals surface area contributed by atoms with Crippen LogP contribution in [0.15, 0.2) is 42.5 Å². The van der Waals surface area contributed by atoms with Crippen molar-refractivity contribution in [2.75, 3.05) is 51.1 Å². The van der Waals surface area contributed by atoms with Gasteiger partial charge in [-0.05, 0) is 98.9 Å². The normalized spacial score (nSPS) is 16.3. The fraction of sp³-hybridized carbons (Fsp3) is 0.647. The molecule has 2 aliphatic rings. The molecule has 4 rings (SSSR count). The summed E-state index contributed by atoms with van der Waals surface area (Å²) in [5.74, 6) is 2.55. The van der Waals surface area contributed by atoms with E-state index in [0.717, 1.165) is 69.6 Å². The van der Waals surface area contributed by atoms with Crippen molar-refractivity contribution >= 4 is 13.8 Å². The van der Waals surface area contributed by atoms with E-state index in [9.17, 15) is 0 Å². The molecule has 2 aromatic carbocycles. The number of rotatable bonds is 13. The van der Waals surface area contributed by atoms with Gasteiger partial charge in [0.15, 0.2) is 0 Å². The number of nitrogens with zero attached hydrogens (tertiary/aromatic N) is 1. The largest absolute Gasteiger partial charge is 0.497 e. The molecule has 218 valence electrons.